The minimum Gasteiger partial charge on any atom is -0.493 e. The molecule has 0 aromatic heterocycles. The highest BCUT2D eigenvalue weighted by Gasteiger charge is 2.32. The quantitative estimate of drug-likeness (QED) is 0.372. The van der Waals surface area contributed by atoms with Gasteiger partial charge in [0.25, 0.3) is 5.91 Å². The van der Waals surface area contributed by atoms with Gasteiger partial charge in [0.1, 0.15) is 0 Å². The Hall–Kier alpha value is -2.73. The molecule has 2 aromatic carbocycles. The summed E-state index contributed by atoms with van der Waals surface area (Å²) in [5.41, 5.74) is 1.66. The summed E-state index contributed by atoms with van der Waals surface area (Å²) in [5.74, 6) is 1.30. The molecule has 0 aliphatic carbocycles. The predicted molar refractivity (Wildman–Crippen MR) is 125 cm³/mol. The van der Waals surface area contributed by atoms with Crippen LogP contribution in [0.5, 0.6) is 11.5 Å². The van der Waals surface area contributed by atoms with Gasteiger partial charge >= 0.3 is 0 Å². The van der Waals surface area contributed by atoms with Crippen LogP contribution in [0.1, 0.15) is 38.7 Å². The molecule has 6 heteroatoms. The van der Waals surface area contributed by atoms with Crippen LogP contribution in [0.4, 0.5) is 5.69 Å². The first-order valence-corrected chi connectivity index (χ1v) is 11.1. The summed E-state index contributed by atoms with van der Waals surface area (Å²) in [5, 5.41) is 0.688. The third-order valence-corrected chi connectivity index (χ3v) is 5.70. The van der Waals surface area contributed by atoms with E-state index in [1.165, 1.54) is 11.8 Å². The molecule has 0 unspecified atom stereocenters. The van der Waals surface area contributed by atoms with Crippen LogP contribution in [0.3, 0.4) is 0 Å². The Kier molecular flexibility index (Phi) is 7.97. The number of thioether (sulfide) groups is 1. The highest BCUT2D eigenvalue weighted by molar-refractivity contribution is 8.18. The number of rotatable bonds is 9. The Morgan fingerprint density at radius 3 is 2.57 bits per heavy atom. The predicted octanol–water partition coefficient (Wildman–Crippen LogP) is 5.89. The Morgan fingerprint density at radius 1 is 1.07 bits per heavy atom. The molecule has 1 fully saturated rings. The summed E-state index contributed by atoms with van der Waals surface area (Å²) in [6.45, 7) is 5.30. The number of nitrogens with zero attached hydrogens (tertiary/aromatic N) is 2. The zero-order valence-electron chi connectivity index (χ0n) is 17.8. The second-order valence-corrected chi connectivity index (χ2v) is 7.83. The Morgan fingerprint density at radius 2 is 1.87 bits per heavy atom. The van der Waals surface area contributed by atoms with Gasteiger partial charge in [-0.15, -0.1) is 0 Å². The van der Waals surface area contributed by atoms with Crippen molar-refractivity contribution in [2.75, 3.05) is 20.3 Å². The van der Waals surface area contributed by atoms with Crippen molar-refractivity contribution in [3.8, 4) is 11.5 Å². The monoisotopic (exact) mass is 424 g/mol. The van der Waals surface area contributed by atoms with Crippen LogP contribution in [0.15, 0.2) is 58.4 Å². The summed E-state index contributed by atoms with van der Waals surface area (Å²) in [6.07, 6.45) is 5.11. The molecular weight excluding hydrogens is 396 g/mol. The lowest BCUT2D eigenvalue weighted by Gasteiger charge is -2.14. The van der Waals surface area contributed by atoms with Crippen LogP contribution in [-0.2, 0) is 4.79 Å². The SMILES string of the molecule is CCCCCOc1c(/C=C2/SC(=Nc3ccccc3)N(CC)C2=O)cccc1OC. The lowest BCUT2D eigenvalue weighted by Crippen LogP contribution is -2.28. The van der Waals surface area contributed by atoms with Gasteiger partial charge < -0.3 is 9.47 Å². The van der Waals surface area contributed by atoms with E-state index >= 15 is 0 Å². The fraction of sp³-hybridized carbons (Fsp3) is 0.333. The summed E-state index contributed by atoms with van der Waals surface area (Å²) >= 11 is 1.39. The van der Waals surface area contributed by atoms with Gasteiger partial charge in [-0.25, -0.2) is 4.99 Å². The topological polar surface area (TPSA) is 51.1 Å². The van der Waals surface area contributed by atoms with E-state index < -0.39 is 0 Å². The highest BCUT2D eigenvalue weighted by atomic mass is 32.2. The van der Waals surface area contributed by atoms with Crippen LogP contribution in [0.25, 0.3) is 6.08 Å². The molecule has 0 radical (unpaired) electrons. The number of likely N-dealkylation sites (N-methyl/N-ethyl adjacent to an activating group) is 1. The lowest BCUT2D eigenvalue weighted by molar-refractivity contribution is -0.122. The lowest BCUT2D eigenvalue weighted by atomic mass is 10.1. The summed E-state index contributed by atoms with van der Waals surface area (Å²) in [4.78, 5) is 20.0. The van der Waals surface area contributed by atoms with E-state index in [9.17, 15) is 4.79 Å². The molecule has 0 atom stereocenters. The average Bonchev–Trinajstić information content (AvgIpc) is 3.06. The minimum atomic E-state index is -0.0445. The molecule has 1 aliphatic heterocycles. The number of carbonyl (C=O) groups is 1. The van der Waals surface area contributed by atoms with Gasteiger partial charge in [0, 0.05) is 12.1 Å². The molecule has 0 saturated carbocycles. The number of unbranched alkanes of at least 4 members (excludes halogenated alkanes) is 2. The van der Waals surface area contributed by atoms with Gasteiger partial charge in [-0.2, -0.15) is 0 Å². The first-order chi connectivity index (χ1) is 14.7. The van der Waals surface area contributed by atoms with Crippen LogP contribution in [0.2, 0.25) is 0 Å². The van der Waals surface area contributed by atoms with Crippen molar-refractivity contribution in [3.05, 3.63) is 59.0 Å². The molecule has 0 N–H and O–H groups in total. The zero-order chi connectivity index (χ0) is 21.3. The first-order valence-electron chi connectivity index (χ1n) is 10.3. The number of benzene rings is 2. The number of ether oxygens (including phenoxy) is 2. The maximum atomic E-state index is 13.0. The number of amidine groups is 1. The van der Waals surface area contributed by atoms with Gasteiger partial charge in [0.15, 0.2) is 16.7 Å². The summed E-state index contributed by atoms with van der Waals surface area (Å²) in [6, 6.07) is 15.4. The van der Waals surface area contributed by atoms with Crippen LogP contribution in [-0.4, -0.2) is 36.2 Å². The van der Waals surface area contributed by atoms with E-state index in [2.05, 4.69) is 11.9 Å². The number of carbonyl (C=O) groups excluding carboxylic acids is 1. The van der Waals surface area contributed by atoms with E-state index in [0.717, 1.165) is 30.5 Å². The van der Waals surface area contributed by atoms with Crippen molar-refractivity contribution in [2.45, 2.75) is 33.1 Å². The molecule has 1 saturated heterocycles. The smallest absolute Gasteiger partial charge is 0.266 e. The van der Waals surface area contributed by atoms with Crippen molar-refractivity contribution in [2.24, 2.45) is 4.99 Å². The average molecular weight is 425 g/mol. The minimum absolute atomic E-state index is 0.0445. The van der Waals surface area contributed by atoms with Crippen LogP contribution < -0.4 is 9.47 Å². The molecule has 1 heterocycles. The molecule has 1 aliphatic rings. The molecule has 3 rings (SSSR count). The maximum Gasteiger partial charge on any atom is 0.266 e. The van der Waals surface area contributed by atoms with E-state index in [0.29, 0.717) is 34.7 Å². The normalized spacial score (nSPS) is 16.5. The molecular formula is C24H28N2O3S. The van der Waals surface area contributed by atoms with Crippen molar-refractivity contribution < 1.29 is 14.3 Å². The summed E-state index contributed by atoms with van der Waals surface area (Å²) in [7, 11) is 1.63. The second-order valence-electron chi connectivity index (χ2n) is 6.82. The number of aliphatic imine (C=N–C) groups is 1. The standard InChI is InChI=1S/C24H28N2O3S/c1-4-6-10-16-29-22-18(12-11-15-20(22)28-3)17-21-23(27)26(5-2)24(30-21)25-19-13-8-7-9-14-19/h7-9,11-15,17H,4-6,10,16H2,1-3H3/b21-17+,25-24?. The fourth-order valence-corrected chi connectivity index (χ4v) is 4.17. The van der Waals surface area contributed by atoms with E-state index in [1.54, 1.807) is 12.0 Å². The molecule has 2 aromatic rings. The molecule has 1 amide bonds. The van der Waals surface area contributed by atoms with E-state index in [1.807, 2.05) is 61.5 Å². The third-order valence-electron chi connectivity index (χ3n) is 4.70. The molecule has 0 bridgehead atoms. The highest BCUT2D eigenvalue weighted by Crippen LogP contribution is 2.38. The Labute approximate surface area is 182 Å². The van der Waals surface area contributed by atoms with Crippen molar-refractivity contribution in [1.29, 1.82) is 0 Å². The first kappa shape index (κ1) is 22.0. The number of methoxy groups -OCH3 is 1. The second kappa shape index (κ2) is 10.9. The number of hydrogen-bond acceptors (Lipinski definition) is 5. The van der Waals surface area contributed by atoms with Crippen molar-refractivity contribution in [3.63, 3.8) is 0 Å². The molecule has 5 nitrogen and oxygen atoms in total. The zero-order valence-corrected chi connectivity index (χ0v) is 18.6. The molecule has 158 valence electrons. The van der Waals surface area contributed by atoms with Gasteiger partial charge in [0.05, 0.1) is 24.3 Å². The Balaban J connectivity index is 1.90. The number of amides is 1. The maximum absolute atomic E-state index is 13.0. The number of para-hydroxylation sites is 2. The largest absolute Gasteiger partial charge is 0.493 e. The third kappa shape index (κ3) is 5.25. The molecule has 30 heavy (non-hydrogen) atoms. The fourth-order valence-electron chi connectivity index (χ4n) is 3.11. The van der Waals surface area contributed by atoms with Gasteiger partial charge in [0.2, 0.25) is 0 Å². The van der Waals surface area contributed by atoms with Crippen molar-refractivity contribution in [1.82, 2.24) is 4.90 Å². The van der Waals surface area contributed by atoms with E-state index in [4.69, 9.17) is 9.47 Å². The van der Waals surface area contributed by atoms with Crippen LogP contribution >= 0.6 is 11.8 Å². The van der Waals surface area contributed by atoms with Gasteiger partial charge in [-0.3, -0.25) is 9.69 Å². The van der Waals surface area contributed by atoms with Crippen LogP contribution in [0, 0.1) is 0 Å². The summed E-state index contributed by atoms with van der Waals surface area (Å²) < 4.78 is 11.5. The van der Waals surface area contributed by atoms with E-state index in [-0.39, 0.29) is 5.91 Å². The Bertz CT molecular complexity index is 925. The molecule has 0 spiro atoms. The van der Waals surface area contributed by atoms with Gasteiger partial charge in [-0.1, -0.05) is 50.1 Å². The number of hydrogen-bond donors (Lipinski definition) is 0. The van der Waals surface area contributed by atoms with Crippen molar-refractivity contribution >= 4 is 34.6 Å². The van der Waals surface area contributed by atoms with Gasteiger partial charge in [-0.05, 0) is 49.4 Å².